The molecule has 0 amide bonds. The molecule has 0 bridgehead atoms. The molecule has 0 aliphatic heterocycles. The molecule has 20 heavy (non-hydrogen) atoms. The molecule has 0 atom stereocenters. The van der Waals surface area contributed by atoms with Gasteiger partial charge in [0.25, 0.3) is 0 Å². The van der Waals surface area contributed by atoms with Crippen molar-refractivity contribution in [2.45, 2.75) is 20.4 Å². The lowest BCUT2D eigenvalue weighted by molar-refractivity contribution is 0.953. The Morgan fingerprint density at radius 1 is 1.25 bits per heavy atom. The number of benzene rings is 1. The maximum absolute atomic E-state index is 4.50. The molecular weight excluding hydrogens is 268 g/mol. The van der Waals surface area contributed by atoms with E-state index >= 15 is 0 Å². The summed E-state index contributed by atoms with van der Waals surface area (Å²) in [5.41, 5.74) is 3.61. The van der Waals surface area contributed by atoms with Gasteiger partial charge in [-0.3, -0.25) is 5.10 Å². The average Bonchev–Trinajstić information content (AvgIpc) is 3.09. The molecule has 0 radical (unpaired) electrons. The number of anilines is 1. The number of H-pyrrole nitrogens is 1. The second kappa shape index (κ2) is 5.46. The van der Waals surface area contributed by atoms with Crippen LogP contribution in [0.1, 0.15) is 17.0 Å². The highest BCUT2D eigenvalue weighted by molar-refractivity contribution is 7.13. The van der Waals surface area contributed by atoms with Gasteiger partial charge in [0, 0.05) is 5.69 Å². The zero-order chi connectivity index (χ0) is 13.9. The van der Waals surface area contributed by atoms with Crippen LogP contribution in [0.25, 0.3) is 10.7 Å². The Bertz CT molecular complexity index is 700. The van der Waals surface area contributed by atoms with Gasteiger partial charge in [-0.15, -0.1) is 11.3 Å². The van der Waals surface area contributed by atoms with E-state index in [4.69, 9.17) is 0 Å². The average molecular weight is 284 g/mol. The van der Waals surface area contributed by atoms with Gasteiger partial charge in [0.15, 0.2) is 5.82 Å². The van der Waals surface area contributed by atoms with Crippen molar-refractivity contribution >= 4 is 17.0 Å². The van der Waals surface area contributed by atoms with Gasteiger partial charge in [0.1, 0.15) is 5.82 Å². The Morgan fingerprint density at radius 2 is 2.15 bits per heavy atom. The fourth-order valence-electron chi connectivity index (χ4n) is 2.00. The van der Waals surface area contributed by atoms with Crippen molar-refractivity contribution in [3.8, 4) is 10.7 Å². The normalized spacial score (nSPS) is 10.7. The van der Waals surface area contributed by atoms with Crippen molar-refractivity contribution in [2.24, 2.45) is 0 Å². The van der Waals surface area contributed by atoms with Crippen molar-refractivity contribution in [2.75, 3.05) is 5.32 Å². The van der Waals surface area contributed by atoms with Crippen molar-refractivity contribution in [3.05, 3.63) is 52.7 Å². The minimum Gasteiger partial charge on any atom is -0.378 e. The van der Waals surface area contributed by atoms with Crippen molar-refractivity contribution < 1.29 is 0 Å². The van der Waals surface area contributed by atoms with Crippen LogP contribution in [0.5, 0.6) is 0 Å². The van der Waals surface area contributed by atoms with Crippen LogP contribution in [0.2, 0.25) is 0 Å². The van der Waals surface area contributed by atoms with Gasteiger partial charge in [0.2, 0.25) is 0 Å². The highest BCUT2D eigenvalue weighted by Gasteiger charge is 2.07. The molecule has 4 nitrogen and oxygen atoms in total. The van der Waals surface area contributed by atoms with E-state index in [9.17, 15) is 0 Å². The molecule has 2 aromatic heterocycles. The first-order valence-corrected chi connectivity index (χ1v) is 7.36. The first-order chi connectivity index (χ1) is 9.72. The maximum atomic E-state index is 4.50. The highest BCUT2D eigenvalue weighted by atomic mass is 32.1. The first kappa shape index (κ1) is 12.9. The van der Waals surface area contributed by atoms with Crippen molar-refractivity contribution in [3.63, 3.8) is 0 Å². The number of aromatic nitrogens is 3. The molecule has 5 heteroatoms. The smallest absolute Gasteiger partial charge is 0.191 e. The Balaban J connectivity index is 1.71. The molecule has 2 N–H and O–H groups in total. The third-order valence-electron chi connectivity index (χ3n) is 3.11. The SMILES string of the molecule is Cc1ccc(C)c(NCc2nc(-c3cccs3)n[nH]2)c1. The standard InChI is InChI=1S/C15H16N4S/c1-10-5-6-11(2)12(8-10)16-9-14-17-15(19-18-14)13-4-3-7-20-13/h3-8,16H,9H2,1-2H3,(H,17,18,19). The van der Waals surface area contributed by atoms with E-state index in [0.29, 0.717) is 6.54 Å². The summed E-state index contributed by atoms with van der Waals surface area (Å²) in [4.78, 5) is 5.58. The first-order valence-electron chi connectivity index (χ1n) is 6.48. The summed E-state index contributed by atoms with van der Waals surface area (Å²) in [6.45, 7) is 4.83. The summed E-state index contributed by atoms with van der Waals surface area (Å²) in [5.74, 6) is 1.60. The number of thiophene rings is 1. The van der Waals surface area contributed by atoms with E-state index in [2.05, 4.69) is 52.5 Å². The predicted octanol–water partition coefficient (Wildman–Crippen LogP) is 3.76. The molecule has 0 aliphatic rings. The molecule has 2 heterocycles. The highest BCUT2D eigenvalue weighted by Crippen LogP contribution is 2.21. The molecule has 102 valence electrons. The summed E-state index contributed by atoms with van der Waals surface area (Å²) < 4.78 is 0. The Hall–Kier alpha value is -2.14. The van der Waals surface area contributed by atoms with E-state index in [1.54, 1.807) is 11.3 Å². The third kappa shape index (κ3) is 2.72. The summed E-state index contributed by atoms with van der Waals surface area (Å²) in [7, 11) is 0. The lowest BCUT2D eigenvalue weighted by atomic mass is 10.1. The number of nitrogens with zero attached hydrogens (tertiary/aromatic N) is 2. The lowest BCUT2D eigenvalue weighted by Crippen LogP contribution is -2.03. The Kier molecular flexibility index (Phi) is 3.52. The molecule has 1 aromatic carbocycles. The molecule has 3 aromatic rings. The number of aromatic amines is 1. The second-order valence-electron chi connectivity index (χ2n) is 4.75. The molecule has 0 unspecified atom stereocenters. The second-order valence-corrected chi connectivity index (χ2v) is 5.70. The molecule has 3 rings (SSSR count). The van der Waals surface area contributed by atoms with E-state index in [-0.39, 0.29) is 0 Å². The number of hydrogen-bond donors (Lipinski definition) is 2. The summed E-state index contributed by atoms with van der Waals surface area (Å²) in [6, 6.07) is 10.4. The van der Waals surface area contributed by atoms with Gasteiger partial charge in [0.05, 0.1) is 11.4 Å². The van der Waals surface area contributed by atoms with Gasteiger partial charge in [-0.05, 0) is 42.5 Å². The fraction of sp³-hybridized carbons (Fsp3) is 0.200. The van der Waals surface area contributed by atoms with Crippen molar-refractivity contribution in [1.29, 1.82) is 0 Å². The minimum absolute atomic E-state index is 0.642. The Morgan fingerprint density at radius 3 is 2.95 bits per heavy atom. The van der Waals surface area contributed by atoms with E-state index in [1.807, 2.05) is 17.5 Å². The quantitative estimate of drug-likeness (QED) is 0.767. The third-order valence-corrected chi connectivity index (χ3v) is 3.98. The van der Waals surface area contributed by atoms with E-state index < -0.39 is 0 Å². The van der Waals surface area contributed by atoms with Crippen LogP contribution < -0.4 is 5.32 Å². The van der Waals surface area contributed by atoms with Crippen LogP contribution in [0.4, 0.5) is 5.69 Å². The molecule has 0 aliphatic carbocycles. The molecule has 0 fully saturated rings. The molecular formula is C15H16N4S. The van der Waals surface area contributed by atoms with Gasteiger partial charge in [-0.2, -0.15) is 5.10 Å². The number of nitrogens with one attached hydrogen (secondary N) is 2. The van der Waals surface area contributed by atoms with Gasteiger partial charge in [-0.1, -0.05) is 18.2 Å². The Labute approximate surface area is 121 Å². The molecule has 0 saturated carbocycles. The number of rotatable bonds is 4. The largest absolute Gasteiger partial charge is 0.378 e. The van der Waals surface area contributed by atoms with Crippen LogP contribution in [0.3, 0.4) is 0 Å². The topological polar surface area (TPSA) is 53.6 Å². The maximum Gasteiger partial charge on any atom is 0.191 e. The van der Waals surface area contributed by atoms with E-state index in [0.717, 1.165) is 22.2 Å². The molecule has 0 spiro atoms. The summed E-state index contributed by atoms with van der Waals surface area (Å²) in [5, 5.41) is 12.7. The monoisotopic (exact) mass is 284 g/mol. The van der Waals surface area contributed by atoms with Crippen molar-refractivity contribution in [1.82, 2.24) is 15.2 Å². The van der Waals surface area contributed by atoms with Gasteiger partial charge in [-0.25, -0.2) is 4.98 Å². The van der Waals surface area contributed by atoms with Crippen LogP contribution in [-0.2, 0) is 6.54 Å². The number of aryl methyl sites for hydroxylation is 2. The zero-order valence-electron chi connectivity index (χ0n) is 11.5. The van der Waals surface area contributed by atoms with Gasteiger partial charge >= 0.3 is 0 Å². The van der Waals surface area contributed by atoms with Crippen LogP contribution >= 0.6 is 11.3 Å². The lowest BCUT2D eigenvalue weighted by Gasteiger charge is -2.08. The fourth-order valence-corrected chi connectivity index (χ4v) is 2.65. The molecule has 0 saturated heterocycles. The summed E-state index contributed by atoms with van der Waals surface area (Å²) >= 11 is 1.64. The van der Waals surface area contributed by atoms with Crippen LogP contribution in [-0.4, -0.2) is 15.2 Å². The van der Waals surface area contributed by atoms with E-state index in [1.165, 1.54) is 11.1 Å². The van der Waals surface area contributed by atoms with Gasteiger partial charge < -0.3 is 5.32 Å². The summed E-state index contributed by atoms with van der Waals surface area (Å²) in [6.07, 6.45) is 0. The minimum atomic E-state index is 0.642. The zero-order valence-corrected chi connectivity index (χ0v) is 12.3. The van der Waals surface area contributed by atoms with Crippen LogP contribution in [0.15, 0.2) is 35.7 Å². The van der Waals surface area contributed by atoms with Crippen LogP contribution in [0, 0.1) is 13.8 Å². The number of hydrogen-bond acceptors (Lipinski definition) is 4. The predicted molar refractivity (Wildman–Crippen MR) is 82.9 cm³/mol.